The van der Waals surface area contributed by atoms with Gasteiger partial charge in [-0.05, 0) is 13.0 Å². The van der Waals surface area contributed by atoms with E-state index in [-0.39, 0.29) is 0 Å². The van der Waals surface area contributed by atoms with Gasteiger partial charge in [0.1, 0.15) is 12.2 Å². The zero-order valence-corrected chi connectivity index (χ0v) is 7.82. The van der Waals surface area contributed by atoms with Crippen LogP contribution < -0.4 is 10.6 Å². The van der Waals surface area contributed by atoms with Crippen molar-refractivity contribution >= 4 is 0 Å². The van der Waals surface area contributed by atoms with Crippen molar-refractivity contribution in [2.75, 3.05) is 13.1 Å². The molecule has 1 atom stereocenters. The van der Waals surface area contributed by atoms with E-state index < -0.39 is 0 Å². The topological polar surface area (TPSA) is 54.8 Å². The summed E-state index contributed by atoms with van der Waals surface area (Å²) >= 11 is 0. The second-order valence-corrected chi connectivity index (χ2v) is 3.43. The van der Waals surface area contributed by atoms with Crippen molar-refractivity contribution in [3.63, 3.8) is 0 Å². The summed E-state index contributed by atoms with van der Waals surface area (Å²) in [6, 6.07) is 0.594. The summed E-state index contributed by atoms with van der Waals surface area (Å²) in [6.07, 6.45) is 2.93. The minimum absolute atomic E-state index is 0.594. The van der Waals surface area contributed by atoms with Crippen LogP contribution in [0.1, 0.15) is 12.2 Å². The van der Waals surface area contributed by atoms with E-state index in [0.717, 1.165) is 25.5 Å². The zero-order valence-electron chi connectivity index (χ0n) is 7.82. The molecule has 1 fully saturated rings. The molecule has 0 aliphatic carbocycles. The largest absolute Gasteiger partial charge is 0.320 e. The van der Waals surface area contributed by atoms with E-state index in [1.54, 1.807) is 6.33 Å². The zero-order chi connectivity index (χ0) is 9.10. The van der Waals surface area contributed by atoms with Gasteiger partial charge in [0.25, 0.3) is 0 Å². The first kappa shape index (κ1) is 8.65. The van der Waals surface area contributed by atoms with Gasteiger partial charge in [-0.15, -0.1) is 10.2 Å². The molecule has 0 bridgehead atoms. The first-order valence-corrected chi connectivity index (χ1v) is 4.63. The van der Waals surface area contributed by atoms with Gasteiger partial charge >= 0.3 is 0 Å². The Bertz CT molecular complexity index is 263. The number of aromatic nitrogens is 3. The smallest absolute Gasteiger partial charge is 0.146 e. The predicted octanol–water partition coefficient (Wildman–Crippen LogP) is -0.733. The Morgan fingerprint density at radius 3 is 3.31 bits per heavy atom. The van der Waals surface area contributed by atoms with Crippen LogP contribution in [0.15, 0.2) is 6.33 Å². The van der Waals surface area contributed by atoms with Crippen LogP contribution in [-0.2, 0) is 13.6 Å². The molecule has 1 unspecified atom stereocenters. The third-order valence-corrected chi connectivity index (χ3v) is 2.41. The van der Waals surface area contributed by atoms with Crippen molar-refractivity contribution in [1.29, 1.82) is 0 Å². The van der Waals surface area contributed by atoms with Gasteiger partial charge in [0.15, 0.2) is 0 Å². The van der Waals surface area contributed by atoms with Gasteiger partial charge in [0, 0.05) is 19.6 Å². The molecular weight excluding hydrogens is 166 g/mol. The highest BCUT2D eigenvalue weighted by atomic mass is 15.3. The van der Waals surface area contributed by atoms with Crippen molar-refractivity contribution in [1.82, 2.24) is 25.4 Å². The van der Waals surface area contributed by atoms with Gasteiger partial charge in [-0.2, -0.15) is 0 Å². The van der Waals surface area contributed by atoms with Gasteiger partial charge in [-0.3, -0.25) is 0 Å². The maximum absolute atomic E-state index is 4.01. The normalized spacial score (nSPS) is 22.4. The van der Waals surface area contributed by atoms with Gasteiger partial charge in [-0.1, -0.05) is 0 Å². The molecular formula is C8H15N5. The molecule has 1 aliphatic heterocycles. The number of nitrogens with zero attached hydrogens (tertiary/aromatic N) is 3. The van der Waals surface area contributed by atoms with Crippen molar-refractivity contribution in [3.8, 4) is 0 Å². The van der Waals surface area contributed by atoms with Crippen LogP contribution in [0.4, 0.5) is 0 Å². The van der Waals surface area contributed by atoms with Crippen LogP contribution in [-0.4, -0.2) is 33.9 Å². The van der Waals surface area contributed by atoms with Crippen LogP contribution in [0, 0.1) is 0 Å². The molecule has 0 aromatic carbocycles. The lowest BCUT2D eigenvalue weighted by atomic mass is 10.2. The average molecular weight is 181 g/mol. The fraction of sp³-hybridized carbons (Fsp3) is 0.750. The third kappa shape index (κ3) is 2.05. The highest BCUT2D eigenvalue weighted by Crippen LogP contribution is 1.98. The van der Waals surface area contributed by atoms with Crippen molar-refractivity contribution in [2.45, 2.75) is 19.0 Å². The van der Waals surface area contributed by atoms with E-state index in [1.165, 1.54) is 6.42 Å². The quantitative estimate of drug-likeness (QED) is 0.645. The standard InChI is InChI=1S/C8H15N5/c1-13-6-11-12-8(13)5-10-7-2-3-9-4-7/h6-7,9-10H,2-5H2,1H3. The van der Waals surface area contributed by atoms with Crippen molar-refractivity contribution in [3.05, 3.63) is 12.2 Å². The predicted molar refractivity (Wildman–Crippen MR) is 49.1 cm³/mol. The summed E-state index contributed by atoms with van der Waals surface area (Å²) in [6.45, 7) is 3.00. The Kier molecular flexibility index (Phi) is 2.56. The Labute approximate surface area is 77.5 Å². The molecule has 13 heavy (non-hydrogen) atoms. The van der Waals surface area contributed by atoms with E-state index in [0.29, 0.717) is 6.04 Å². The Balaban J connectivity index is 1.82. The molecule has 2 rings (SSSR count). The molecule has 2 N–H and O–H groups in total. The van der Waals surface area contributed by atoms with Gasteiger partial charge in [0.2, 0.25) is 0 Å². The molecule has 0 radical (unpaired) electrons. The minimum atomic E-state index is 0.594. The summed E-state index contributed by atoms with van der Waals surface area (Å²) < 4.78 is 1.94. The molecule has 0 saturated carbocycles. The van der Waals surface area contributed by atoms with Crippen LogP contribution in [0.3, 0.4) is 0 Å². The number of hydrogen-bond acceptors (Lipinski definition) is 4. The van der Waals surface area contributed by atoms with E-state index in [1.807, 2.05) is 11.6 Å². The lowest BCUT2D eigenvalue weighted by molar-refractivity contribution is 0.526. The van der Waals surface area contributed by atoms with Crippen LogP contribution in [0.2, 0.25) is 0 Å². The molecule has 1 saturated heterocycles. The Hall–Kier alpha value is -0.940. The van der Waals surface area contributed by atoms with Crippen LogP contribution >= 0.6 is 0 Å². The maximum atomic E-state index is 4.01. The Morgan fingerprint density at radius 2 is 2.69 bits per heavy atom. The summed E-state index contributed by atoms with van der Waals surface area (Å²) in [7, 11) is 1.96. The first-order valence-electron chi connectivity index (χ1n) is 4.63. The van der Waals surface area contributed by atoms with E-state index in [2.05, 4.69) is 20.8 Å². The Morgan fingerprint density at radius 1 is 1.77 bits per heavy atom. The van der Waals surface area contributed by atoms with E-state index in [9.17, 15) is 0 Å². The second-order valence-electron chi connectivity index (χ2n) is 3.43. The summed E-state index contributed by atoms with van der Waals surface area (Å²) in [5.74, 6) is 0.993. The van der Waals surface area contributed by atoms with Gasteiger partial charge in [-0.25, -0.2) is 0 Å². The molecule has 1 aromatic rings. The van der Waals surface area contributed by atoms with Gasteiger partial charge < -0.3 is 15.2 Å². The summed E-state index contributed by atoms with van der Waals surface area (Å²) in [4.78, 5) is 0. The summed E-state index contributed by atoms with van der Waals surface area (Å²) in [5.41, 5.74) is 0. The third-order valence-electron chi connectivity index (χ3n) is 2.41. The van der Waals surface area contributed by atoms with Crippen LogP contribution in [0.25, 0.3) is 0 Å². The fourth-order valence-electron chi connectivity index (χ4n) is 1.53. The lowest BCUT2D eigenvalue weighted by Gasteiger charge is -2.09. The van der Waals surface area contributed by atoms with Crippen molar-refractivity contribution in [2.24, 2.45) is 7.05 Å². The maximum Gasteiger partial charge on any atom is 0.146 e. The lowest BCUT2D eigenvalue weighted by Crippen LogP contribution is -2.31. The monoisotopic (exact) mass is 181 g/mol. The summed E-state index contributed by atoms with van der Waals surface area (Å²) in [5, 5.41) is 14.6. The number of aryl methyl sites for hydroxylation is 1. The van der Waals surface area contributed by atoms with Gasteiger partial charge in [0.05, 0.1) is 6.54 Å². The molecule has 2 heterocycles. The molecule has 0 spiro atoms. The average Bonchev–Trinajstić information content (AvgIpc) is 2.72. The fourth-order valence-corrected chi connectivity index (χ4v) is 1.53. The highest BCUT2D eigenvalue weighted by molar-refractivity contribution is 4.86. The number of rotatable bonds is 3. The number of hydrogen-bond donors (Lipinski definition) is 2. The molecule has 5 nitrogen and oxygen atoms in total. The molecule has 1 aliphatic rings. The highest BCUT2D eigenvalue weighted by Gasteiger charge is 2.13. The second kappa shape index (κ2) is 3.85. The molecule has 0 amide bonds. The minimum Gasteiger partial charge on any atom is -0.320 e. The molecule has 5 heteroatoms. The van der Waals surface area contributed by atoms with E-state index in [4.69, 9.17) is 0 Å². The van der Waals surface area contributed by atoms with E-state index >= 15 is 0 Å². The van der Waals surface area contributed by atoms with Crippen LogP contribution in [0.5, 0.6) is 0 Å². The SMILES string of the molecule is Cn1cnnc1CNC1CCNC1. The first-order chi connectivity index (χ1) is 6.36. The molecule has 72 valence electrons. The van der Waals surface area contributed by atoms with Crippen molar-refractivity contribution < 1.29 is 0 Å². The number of nitrogens with one attached hydrogen (secondary N) is 2. The molecule has 1 aromatic heterocycles.